The number of benzene rings is 2. The van der Waals surface area contributed by atoms with Gasteiger partial charge in [0.1, 0.15) is 11.6 Å². The zero-order valence-corrected chi connectivity index (χ0v) is 10.7. The van der Waals surface area contributed by atoms with Gasteiger partial charge in [0.2, 0.25) is 0 Å². The van der Waals surface area contributed by atoms with Crippen LogP contribution in [0.5, 0.6) is 5.75 Å². The van der Waals surface area contributed by atoms with Gasteiger partial charge in [-0.05, 0) is 48.4 Å². The predicted molar refractivity (Wildman–Crippen MR) is 71.5 cm³/mol. The molecule has 2 rings (SSSR count). The van der Waals surface area contributed by atoms with Gasteiger partial charge in [-0.1, -0.05) is 12.1 Å². The topological polar surface area (TPSA) is 50.1 Å². The van der Waals surface area contributed by atoms with E-state index in [1.165, 1.54) is 12.1 Å². The lowest BCUT2D eigenvalue weighted by Crippen LogP contribution is -2.09. The molecule has 0 saturated carbocycles. The minimum atomic E-state index is -0.362. The second-order valence-corrected chi connectivity index (χ2v) is 4.24. The summed E-state index contributed by atoms with van der Waals surface area (Å²) in [5.41, 5.74) is 1.39. The minimum absolute atomic E-state index is 0.214. The Labute approximate surface area is 116 Å². The van der Waals surface area contributed by atoms with Gasteiger partial charge in [-0.15, -0.1) is 0 Å². The van der Waals surface area contributed by atoms with Gasteiger partial charge in [0.15, 0.2) is 0 Å². The van der Waals surface area contributed by atoms with Crippen molar-refractivity contribution < 1.29 is 13.9 Å². The molecule has 20 heavy (non-hydrogen) atoms. The van der Waals surface area contributed by atoms with Crippen LogP contribution in [0.25, 0.3) is 0 Å². The third-order valence-electron chi connectivity index (χ3n) is 2.75. The van der Waals surface area contributed by atoms with Crippen LogP contribution in [0.4, 0.5) is 4.39 Å². The number of carbonyl (C=O) groups excluding carboxylic acids is 1. The molecule has 0 aliphatic rings. The maximum absolute atomic E-state index is 12.7. The van der Waals surface area contributed by atoms with Crippen molar-refractivity contribution >= 4 is 5.97 Å². The van der Waals surface area contributed by atoms with E-state index in [9.17, 15) is 9.18 Å². The predicted octanol–water partition coefficient (Wildman–Crippen LogP) is 3.24. The number of esters is 1. The standard InChI is InChI=1S/C16H12FNO2/c17-14-6-1-12(2-7-14)5-10-16(19)20-15-8-3-13(11-18)4-9-15/h1-4,6-9H,5,10H2. The lowest BCUT2D eigenvalue weighted by Gasteiger charge is -2.04. The van der Waals surface area contributed by atoms with E-state index >= 15 is 0 Å². The molecule has 0 fully saturated rings. The van der Waals surface area contributed by atoms with E-state index < -0.39 is 0 Å². The Balaban J connectivity index is 1.86. The quantitative estimate of drug-likeness (QED) is 0.632. The number of aryl methyl sites for hydroxylation is 1. The summed E-state index contributed by atoms with van der Waals surface area (Å²) in [6, 6.07) is 14.3. The molecule has 0 saturated heterocycles. The van der Waals surface area contributed by atoms with Crippen molar-refractivity contribution in [3.05, 3.63) is 65.5 Å². The molecule has 0 N–H and O–H groups in total. The van der Waals surface area contributed by atoms with Crippen LogP contribution in [0.15, 0.2) is 48.5 Å². The smallest absolute Gasteiger partial charge is 0.311 e. The van der Waals surface area contributed by atoms with Crippen molar-refractivity contribution in [1.82, 2.24) is 0 Å². The van der Waals surface area contributed by atoms with Gasteiger partial charge in [0.05, 0.1) is 11.6 Å². The molecular formula is C16H12FNO2. The number of hydrogen-bond donors (Lipinski definition) is 0. The van der Waals surface area contributed by atoms with Gasteiger partial charge in [-0.25, -0.2) is 4.39 Å². The van der Waals surface area contributed by atoms with Crippen LogP contribution in [-0.2, 0) is 11.2 Å². The van der Waals surface area contributed by atoms with Gasteiger partial charge >= 0.3 is 5.97 Å². The minimum Gasteiger partial charge on any atom is -0.427 e. The third-order valence-corrected chi connectivity index (χ3v) is 2.75. The number of carbonyl (C=O) groups is 1. The summed E-state index contributed by atoms with van der Waals surface area (Å²) in [7, 11) is 0. The lowest BCUT2D eigenvalue weighted by atomic mass is 10.1. The van der Waals surface area contributed by atoms with Crippen LogP contribution in [-0.4, -0.2) is 5.97 Å². The summed E-state index contributed by atoms with van der Waals surface area (Å²) in [6.45, 7) is 0. The van der Waals surface area contributed by atoms with Crippen LogP contribution >= 0.6 is 0 Å². The molecule has 4 heteroatoms. The molecule has 0 aliphatic carbocycles. The first-order valence-corrected chi connectivity index (χ1v) is 6.12. The molecule has 0 aliphatic heterocycles. The zero-order chi connectivity index (χ0) is 14.4. The third kappa shape index (κ3) is 3.92. The van der Waals surface area contributed by atoms with E-state index in [-0.39, 0.29) is 18.2 Å². The number of ether oxygens (including phenoxy) is 1. The maximum atomic E-state index is 12.7. The fourth-order valence-electron chi connectivity index (χ4n) is 1.68. The Kier molecular flexibility index (Phi) is 4.46. The highest BCUT2D eigenvalue weighted by molar-refractivity contribution is 5.72. The van der Waals surface area contributed by atoms with Crippen molar-refractivity contribution in [2.24, 2.45) is 0 Å². The van der Waals surface area contributed by atoms with Gasteiger partial charge in [0.25, 0.3) is 0 Å². The summed E-state index contributed by atoms with van der Waals surface area (Å²) in [4.78, 5) is 11.6. The van der Waals surface area contributed by atoms with Crippen LogP contribution in [0, 0.1) is 17.1 Å². The highest BCUT2D eigenvalue weighted by atomic mass is 19.1. The molecule has 2 aromatic carbocycles. The SMILES string of the molecule is N#Cc1ccc(OC(=O)CCc2ccc(F)cc2)cc1. The first kappa shape index (κ1) is 13.8. The van der Waals surface area contributed by atoms with E-state index in [1.807, 2.05) is 6.07 Å². The van der Waals surface area contributed by atoms with E-state index in [1.54, 1.807) is 36.4 Å². The van der Waals surface area contributed by atoms with E-state index in [0.29, 0.717) is 17.7 Å². The summed E-state index contributed by atoms with van der Waals surface area (Å²) in [5.74, 6) is -0.249. The second-order valence-electron chi connectivity index (χ2n) is 4.24. The Morgan fingerprint density at radius 3 is 2.35 bits per heavy atom. The first-order chi connectivity index (χ1) is 9.67. The van der Waals surface area contributed by atoms with E-state index in [0.717, 1.165) is 5.56 Å². The molecule has 0 atom stereocenters. The van der Waals surface area contributed by atoms with Crippen molar-refractivity contribution in [2.45, 2.75) is 12.8 Å². The maximum Gasteiger partial charge on any atom is 0.311 e. The van der Waals surface area contributed by atoms with Gasteiger partial charge in [-0.2, -0.15) is 5.26 Å². The highest BCUT2D eigenvalue weighted by Gasteiger charge is 2.06. The molecular weight excluding hydrogens is 257 g/mol. The number of hydrogen-bond acceptors (Lipinski definition) is 3. The molecule has 3 nitrogen and oxygen atoms in total. The number of rotatable bonds is 4. The Hall–Kier alpha value is -2.67. The molecule has 0 aromatic heterocycles. The fourth-order valence-corrected chi connectivity index (χ4v) is 1.68. The number of halogens is 1. The van der Waals surface area contributed by atoms with Crippen LogP contribution in [0.3, 0.4) is 0 Å². The summed E-state index contributed by atoms with van der Waals surface area (Å²) >= 11 is 0. The monoisotopic (exact) mass is 269 g/mol. The van der Waals surface area contributed by atoms with Crippen molar-refractivity contribution in [3.8, 4) is 11.8 Å². The molecule has 0 amide bonds. The van der Waals surface area contributed by atoms with E-state index in [2.05, 4.69) is 0 Å². The van der Waals surface area contributed by atoms with Crippen LogP contribution in [0.2, 0.25) is 0 Å². The summed E-state index contributed by atoms with van der Waals surface area (Å²) in [6.07, 6.45) is 0.709. The van der Waals surface area contributed by atoms with Crippen LogP contribution < -0.4 is 4.74 Å². The molecule has 0 spiro atoms. The second kappa shape index (κ2) is 6.48. The molecule has 0 heterocycles. The van der Waals surface area contributed by atoms with Crippen molar-refractivity contribution in [2.75, 3.05) is 0 Å². The Morgan fingerprint density at radius 1 is 1.10 bits per heavy atom. The molecule has 0 bridgehead atoms. The highest BCUT2D eigenvalue weighted by Crippen LogP contribution is 2.13. The lowest BCUT2D eigenvalue weighted by molar-refractivity contribution is -0.134. The average Bonchev–Trinajstić information content (AvgIpc) is 2.47. The molecule has 2 aromatic rings. The van der Waals surface area contributed by atoms with Crippen LogP contribution in [0.1, 0.15) is 17.5 Å². The normalized spacial score (nSPS) is 9.80. The Bertz CT molecular complexity index is 627. The van der Waals surface area contributed by atoms with Gasteiger partial charge in [-0.3, -0.25) is 4.79 Å². The zero-order valence-electron chi connectivity index (χ0n) is 10.7. The van der Waals surface area contributed by atoms with Crippen molar-refractivity contribution in [3.63, 3.8) is 0 Å². The fraction of sp³-hybridized carbons (Fsp3) is 0.125. The van der Waals surface area contributed by atoms with Gasteiger partial charge in [0, 0.05) is 6.42 Å². The molecule has 0 unspecified atom stereocenters. The van der Waals surface area contributed by atoms with Crippen molar-refractivity contribution in [1.29, 1.82) is 5.26 Å². The summed E-state index contributed by atoms with van der Waals surface area (Å²) in [5, 5.41) is 8.66. The Morgan fingerprint density at radius 2 is 1.75 bits per heavy atom. The molecule has 0 radical (unpaired) electrons. The average molecular weight is 269 g/mol. The van der Waals surface area contributed by atoms with E-state index in [4.69, 9.17) is 10.00 Å². The molecule has 100 valence electrons. The largest absolute Gasteiger partial charge is 0.427 e. The number of nitrogens with zero attached hydrogens (tertiary/aromatic N) is 1. The van der Waals surface area contributed by atoms with Gasteiger partial charge < -0.3 is 4.74 Å². The number of nitriles is 1. The first-order valence-electron chi connectivity index (χ1n) is 6.12. The summed E-state index contributed by atoms with van der Waals surface area (Å²) < 4.78 is 17.9.